The molecule has 0 amide bonds. The van der Waals surface area contributed by atoms with Crippen LogP contribution in [-0.4, -0.2) is 12.9 Å². The molecule has 0 atom stereocenters. The second kappa shape index (κ2) is 8.30. The monoisotopic (exact) mass is 285 g/mol. The molecule has 0 aliphatic rings. The minimum absolute atomic E-state index is 0.718. The molecule has 0 heterocycles. The second-order valence-corrected chi connectivity index (χ2v) is 10.7. The number of hydrogen-bond donors (Lipinski definition) is 1. The summed E-state index contributed by atoms with van der Waals surface area (Å²) in [5, 5.41) is 0. The summed E-state index contributed by atoms with van der Waals surface area (Å²) in [6.45, 7) is 6.96. The normalized spacial score (nSPS) is 12.2. The molecule has 0 bridgehead atoms. The van der Waals surface area contributed by atoms with Crippen molar-refractivity contribution < 1.29 is 0 Å². The van der Waals surface area contributed by atoms with Crippen molar-refractivity contribution in [1.29, 1.82) is 0 Å². The van der Waals surface area contributed by atoms with Gasteiger partial charge in [0.2, 0.25) is 0 Å². The summed E-state index contributed by atoms with van der Waals surface area (Å²) in [7, 11) is 0. The number of alkyl halides is 3. The molecular weight excluding hydrogens is 261 g/mol. The Morgan fingerprint density at radius 1 is 1.17 bits per heavy atom. The van der Waals surface area contributed by atoms with Crippen LogP contribution in [0.25, 0.3) is 0 Å². The Morgan fingerprint density at radius 3 is 2.25 bits per heavy atom. The molecule has 2 N–H and O–H groups in total. The van der Waals surface area contributed by atoms with Gasteiger partial charge in [-0.1, -0.05) is 0 Å². The van der Waals surface area contributed by atoms with E-state index >= 15 is 0 Å². The fourth-order valence-corrected chi connectivity index (χ4v) is 5.39. The molecule has 0 aromatic carbocycles. The van der Waals surface area contributed by atoms with E-state index in [-0.39, 0.29) is 0 Å². The van der Waals surface area contributed by atoms with Crippen LogP contribution in [0.1, 0.15) is 46.5 Å². The average molecular weight is 285 g/mol. The molecule has 2 heteroatoms. The Kier molecular flexibility index (Phi) is 8.77. The molecule has 0 aliphatic heterocycles. The fraction of sp³-hybridized carbons (Fsp3) is 1.00. The van der Waals surface area contributed by atoms with Crippen LogP contribution in [0.3, 0.4) is 0 Å². The van der Waals surface area contributed by atoms with Gasteiger partial charge >= 0.3 is 84.9 Å². The van der Waals surface area contributed by atoms with E-state index in [4.69, 9.17) is 5.73 Å². The standard InChI is InChI=1S/C10H24IN/c1-4-5-6-7-8-11(9-12)10(2)3/h10H,4-9,12H2,1-3H3. The van der Waals surface area contributed by atoms with E-state index in [1.54, 1.807) is 0 Å². The van der Waals surface area contributed by atoms with E-state index in [0.717, 1.165) is 8.48 Å². The number of rotatable bonds is 7. The van der Waals surface area contributed by atoms with Gasteiger partial charge in [-0.05, 0) is 0 Å². The third-order valence-corrected chi connectivity index (χ3v) is 8.85. The second-order valence-electron chi connectivity index (χ2n) is 3.42. The van der Waals surface area contributed by atoms with Crippen LogP contribution in [0, 0.1) is 0 Å². The topological polar surface area (TPSA) is 26.0 Å². The first-order chi connectivity index (χ1) is 5.72. The van der Waals surface area contributed by atoms with Crippen LogP contribution in [0.4, 0.5) is 0 Å². The quantitative estimate of drug-likeness (QED) is 0.330. The summed E-state index contributed by atoms with van der Waals surface area (Å²) in [4.78, 5) is 0. The summed E-state index contributed by atoms with van der Waals surface area (Å²) in [6.07, 6.45) is 5.62. The third-order valence-electron chi connectivity index (χ3n) is 2.05. The van der Waals surface area contributed by atoms with E-state index in [0.29, 0.717) is 0 Å². The van der Waals surface area contributed by atoms with Gasteiger partial charge in [0.25, 0.3) is 0 Å². The molecule has 0 unspecified atom stereocenters. The first-order valence-electron chi connectivity index (χ1n) is 5.02. The molecule has 0 saturated heterocycles. The molecule has 1 nitrogen and oxygen atoms in total. The summed E-state index contributed by atoms with van der Waals surface area (Å²) in [5.74, 6) is 0. The van der Waals surface area contributed by atoms with Crippen LogP contribution < -0.4 is 5.73 Å². The predicted octanol–water partition coefficient (Wildman–Crippen LogP) is 3.40. The molecule has 0 radical (unpaired) electrons. The van der Waals surface area contributed by atoms with Crippen LogP contribution >= 0.6 is 19.8 Å². The molecule has 0 spiro atoms. The molecular formula is C10H24IN. The Bertz CT molecular complexity index is 93.8. The SMILES string of the molecule is CCCCCCI(CN)C(C)C. The van der Waals surface area contributed by atoms with Crippen LogP contribution in [0.5, 0.6) is 0 Å². The Balaban J connectivity index is 3.32. The zero-order valence-electron chi connectivity index (χ0n) is 8.78. The number of hydrogen-bond acceptors (Lipinski definition) is 1. The van der Waals surface area contributed by atoms with E-state index in [9.17, 15) is 0 Å². The van der Waals surface area contributed by atoms with Gasteiger partial charge in [-0.25, -0.2) is 0 Å². The van der Waals surface area contributed by atoms with Crippen LogP contribution in [0.15, 0.2) is 0 Å². The maximum atomic E-state index is 5.76. The summed E-state index contributed by atoms with van der Waals surface area (Å²) in [6, 6.07) is 0. The molecule has 0 saturated carbocycles. The predicted molar refractivity (Wildman–Crippen MR) is 67.2 cm³/mol. The zero-order valence-corrected chi connectivity index (χ0v) is 10.9. The van der Waals surface area contributed by atoms with Gasteiger partial charge in [-0.2, -0.15) is 0 Å². The van der Waals surface area contributed by atoms with Gasteiger partial charge in [0.05, 0.1) is 0 Å². The number of unbranched alkanes of at least 4 members (excludes halogenated alkanes) is 3. The van der Waals surface area contributed by atoms with E-state index < -0.39 is 19.8 Å². The molecule has 12 heavy (non-hydrogen) atoms. The molecule has 0 aromatic rings. The van der Waals surface area contributed by atoms with E-state index in [1.807, 2.05) is 0 Å². The van der Waals surface area contributed by atoms with Crippen molar-refractivity contribution in [3.05, 3.63) is 0 Å². The van der Waals surface area contributed by atoms with Crippen LogP contribution in [-0.2, 0) is 0 Å². The maximum absolute atomic E-state index is 5.76. The average Bonchev–Trinajstić information content (AvgIpc) is 2.04. The third kappa shape index (κ3) is 6.23. The number of nitrogens with two attached hydrogens (primary N) is 1. The first kappa shape index (κ1) is 12.7. The molecule has 0 aromatic heterocycles. The van der Waals surface area contributed by atoms with E-state index in [1.165, 1.54) is 30.1 Å². The van der Waals surface area contributed by atoms with E-state index in [2.05, 4.69) is 20.8 Å². The summed E-state index contributed by atoms with van der Waals surface area (Å²) >= 11 is -0.718. The fourth-order valence-electron chi connectivity index (χ4n) is 1.17. The minimum atomic E-state index is -0.718. The van der Waals surface area contributed by atoms with Crippen molar-refractivity contribution in [2.24, 2.45) is 5.73 Å². The van der Waals surface area contributed by atoms with Gasteiger partial charge in [0, 0.05) is 0 Å². The van der Waals surface area contributed by atoms with Crippen molar-refractivity contribution in [3.8, 4) is 0 Å². The molecule has 0 aliphatic carbocycles. The molecule has 0 rings (SSSR count). The van der Waals surface area contributed by atoms with Gasteiger partial charge in [0.15, 0.2) is 0 Å². The Morgan fingerprint density at radius 2 is 1.83 bits per heavy atom. The molecule has 0 fully saturated rings. The van der Waals surface area contributed by atoms with Crippen molar-refractivity contribution >= 4 is 19.8 Å². The van der Waals surface area contributed by atoms with Gasteiger partial charge in [0.1, 0.15) is 0 Å². The summed E-state index contributed by atoms with van der Waals surface area (Å²) < 4.78 is 3.42. The Hall–Kier alpha value is 0.690. The van der Waals surface area contributed by atoms with Crippen molar-refractivity contribution in [3.63, 3.8) is 0 Å². The summed E-state index contributed by atoms with van der Waals surface area (Å²) in [5.41, 5.74) is 5.76. The van der Waals surface area contributed by atoms with Crippen LogP contribution in [0.2, 0.25) is 0 Å². The zero-order chi connectivity index (χ0) is 9.40. The van der Waals surface area contributed by atoms with Crippen molar-refractivity contribution in [2.75, 3.05) is 8.98 Å². The van der Waals surface area contributed by atoms with Crippen molar-refractivity contribution in [1.82, 2.24) is 0 Å². The first-order valence-corrected chi connectivity index (χ1v) is 9.32. The van der Waals surface area contributed by atoms with Crippen molar-refractivity contribution in [2.45, 2.75) is 50.4 Å². The van der Waals surface area contributed by atoms with Gasteiger partial charge in [-0.15, -0.1) is 0 Å². The molecule has 76 valence electrons. The number of halogens is 1. The van der Waals surface area contributed by atoms with Gasteiger partial charge < -0.3 is 0 Å². The Labute approximate surface area is 84.9 Å². The van der Waals surface area contributed by atoms with Gasteiger partial charge in [-0.3, -0.25) is 0 Å².